The standard InChI is InChI=1S/C21H24N2O2/c1-15-9-11-17(12-10-15)21(25)22-14-20(24)23-13-5-8-19(23)18-7-4-3-6-16(18)2/h3-4,6-7,9-12,19H,5,8,13-14H2,1-2H3,(H,22,25)/t19-/m0/s1. The van der Waals surface area contributed by atoms with Gasteiger partial charge < -0.3 is 10.2 Å². The topological polar surface area (TPSA) is 49.4 Å². The van der Waals surface area contributed by atoms with Crippen LogP contribution >= 0.6 is 0 Å². The van der Waals surface area contributed by atoms with Crippen molar-refractivity contribution in [1.29, 1.82) is 0 Å². The molecule has 1 saturated heterocycles. The summed E-state index contributed by atoms with van der Waals surface area (Å²) < 4.78 is 0. The third-order valence-corrected chi connectivity index (χ3v) is 4.83. The predicted octanol–water partition coefficient (Wildman–Crippen LogP) is 3.40. The molecule has 2 aromatic rings. The van der Waals surface area contributed by atoms with Gasteiger partial charge in [-0.1, -0.05) is 42.0 Å². The van der Waals surface area contributed by atoms with Crippen LogP contribution in [0.1, 0.15) is 45.9 Å². The lowest BCUT2D eigenvalue weighted by molar-refractivity contribution is -0.131. The smallest absolute Gasteiger partial charge is 0.251 e. The molecule has 4 heteroatoms. The maximum Gasteiger partial charge on any atom is 0.251 e. The Labute approximate surface area is 148 Å². The van der Waals surface area contributed by atoms with Gasteiger partial charge in [0.15, 0.2) is 0 Å². The molecule has 0 bridgehead atoms. The number of benzene rings is 2. The van der Waals surface area contributed by atoms with Gasteiger partial charge in [-0.25, -0.2) is 0 Å². The van der Waals surface area contributed by atoms with Crippen molar-refractivity contribution >= 4 is 11.8 Å². The van der Waals surface area contributed by atoms with Crippen LogP contribution < -0.4 is 5.32 Å². The van der Waals surface area contributed by atoms with Crippen LogP contribution in [0.25, 0.3) is 0 Å². The summed E-state index contributed by atoms with van der Waals surface area (Å²) in [5, 5.41) is 2.75. The summed E-state index contributed by atoms with van der Waals surface area (Å²) >= 11 is 0. The quantitative estimate of drug-likeness (QED) is 0.930. The van der Waals surface area contributed by atoms with Gasteiger partial charge in [0, 0.05) is 12.1 Å². The van der Waals surface area contributed by atoms with Crippen LogP contribution in [0.2, 0.25) is 0 Å². The molecular formula is C21H24N2O2. The van der Waals surface area contributed by atoms with E-state index in [4.69, 9.17) is 0 Å². The van der Waals surface area contributed by atoms with Crippen LogP contribution in [-0.2, 0) is 4.79 Å². The van der Waals surface area contributed by atoms with Gasteiger partial charge in [-0.3, -0.25) is 9.59 Å². The molecule has 1 atom stereocenters. The fraction of sp³-hybridized carbons (Fsp3) is 0.333. The molecule has 1 N–H and O–H groups in total. The average Bonchev–Trinajstić information content (AvgIpc) is 3.10. The Morgan fingerprint density at radius 1 is 1.08 bits per heavy atom. The first-order valence-electron chi connectivity index (χ1n) is 8.76. The van der Waals surface area contributed by atoms with Crippen molar-refractivity contribution in [2.24, 2.45) is 0 Å². The van der Waals surface area contributed by atoms with Crippen LogP contribution in [-0.4, -0.2) is 29.8 Å². The van der Waals surface area contributed by atoms with Gasteiger partial charge in [-0.15, -0.1) is 0 Å². The molecule has 0 saturated carbocycles. The molecule has 0 spiro atoms. The van der Waals surface area contributed by atoms with Crippen molar-refractivity contribution < 1.29 is 9.59 Å². The van der Waals surface area contributed by atoms with Gasteiger partial charge in [0.2, 0.25) is 5.91 Å². The van der Waals surface area contributed by atoms with E-state index in [2.05, 4.69) is 24.4 Å². The van der Waals surface area contributed by atoms with Crippen LogP contribution in [0.4, 0.5) is 0 Å². The van der Waals surface area contributed by atoms with E-state index in [1.807, 2.05) is 36.1 Å². The summed E-state index contributed by atoms with van der Waals surface area (Å²) in [6, 6.07) is 15.7. The van der Waals surface area contributed by atoms with Crippen LogP contribution in [0, 0.1) is 13.8 Å². The molecule has 130 valence electrons. The van der Waals surface area contributed by atoms with Gasteiger partial charge in [0.1, 0.15) is 0 Å². The van der Waals surface area contributed by atoms with E-state index < -0.39 is 0 Å². The number of amides is 2. The Bertz CT molecular complexity index is 768. The highest BCUT2D eigenvalue weighted by Crippen LogP contribution is 2.33. The highest BCUT2D eigenvalue weighted by molar-refractivity contribution is 5.96. The second-order valence-electron chi connectivity index (χ2n) is 6.65. The molecule has 1 fully saturated rings. The minimum absolute atomic E-state index is 0.0220. The van der Waals surface area contributed by atoms with Crippen molar-refractivity contribution in [3.63, 3.8) is 0 Å². The number of carbonyl (C=O) groups excluding carboxylic acids is 2. The lowest BCUT2D eigenvalue weighted by atomic mass is 9.99. The maximum absolute atomic E-state index is 12.6. The molecule has 0 aliphatic carbocycles. The number of rotatable bonds is 4. The third kappa shape index (κ3) is 3.90. The van der Waals surface area contributed by atoms with E-state index in [9.17, 15) is 9.59 Å². The second kappa shape index (κ2) is 7.51. The molecule has 3 rings (SSSR count). The largest absolute Gasteiger partial charge is 0.343 e. The summed E-state index contributed by atoms with van der Waals surface area (Å²) in [5.41, 5.74) is 4.09. The van der Waals surface area contributed by atoms with Crippen LogP contribution in [0.3, 0.4) is 0 Å². The number of nitrogens with one attached hydrogen (secondary N) is 1. The number of carbonyl (C=O) groups is 2. The Balaban J connectivity index is 1.63. The van der Waals surface area contributed by atoms with E-state index in [0.717, 1.165) is 24.9 Å². The normalized spacial score (nSPS) is 16.7. The predicted molar refractivity (Wildman–Crippen MR) is 98.4 cm³/mol. The van der Waals surface area contributed by atoms with Gasteiger partial charge in [0.05, 0.1) is 12.6 Å². The fourth-order valence-electron chi connectivity index (χ4n) is 3.41. The number of nitrogens with zero attached hydrogens (tertiary/aromatic N) is 1. The van der Waals surface area contributed by atoms with E-state index in [0.29, 0.717) is 5.56 Å². The van der Waals surface area contributed by atoms with Crippen LogP contribution in [0.15, 0.2) is 48.5 Å². The molecule has 0 radical (unpaired) electrons. The maximum atomic E-state index is 12.6. The summed E-state index contributed by atoms with van der Waals surface area (Å²) in [5.74, 6) is -0.230. The summed E-state index contributed by atoms with van der Waals surface area (Å²) in [7, 11) is 0. The molecule has 2 aromatic carbocycles. The minimum atomic E-state index is -0.208. The van der Waals surface area contributed by atoms with Crippen LogP contribution in [0.5, 0.6) is 0 Å². The highest BCUT2D eigenvalue weighted by atomic mass is 16.2. The monoisotopic (exact) mass is 336 g/mol. The van der Waals surface area contributed by atoms with Gasteiger partial charge in [0.25, 0.3) is 5.91 Å². The lowest BCUT2D eigenvalue weighted by Crippen LogP contribution is -2.40. The molecule has 25 heavy (non-hydrogen) atoms. The zero-order chi connectivity index (χ0) is 17.8. The minimum Gasteiger partial charge on any atom is -0.343 e. The van der Waals surface area contributed by atoms with E-state index >= 15 is 0 Å². The first kappa shape index (κ1) is 17.2. The first-order valence-corrected chi connectivity index (χ1v) is 8.76. The summed E-state index contributed by atoms with van der Waals surface area (Å²) in [6.07, 6.45) is 1.97. The van der Waals surface area contributed by atoms with E-state index in [1.54, 1.807) is 12.1 Å². The first-order chi connectivity index (χ1) is 12.1. The molecule has 0 unspecified atom stereocenters. The molecule has 1 heterocycles. The van der Waals surface area contributed by atoms with Gasteiger partial charge >= 0.3 is 0 Å². The highest BCUT2D eigenvalue weighted by Gasteiger charge is 2.30. The molecular weight excluding hydrogens is 312 g/mol. The van der Waals surface area contributed by atoms with Crippen molar-refractivity contribution in [2.45, 2.75) is 32.7 Å². The Hall–Kier alpha value is -2.62. The fourth-order valence-corrected chi connectivity index (χ4v) is 3.41. The summed E-state index contributed by atoms with van der Waals surface area (Å²) in [4.78, 5) is 26.7. The molecule has 1 aliphatic rings. The Morgan fingerprint density at radius 3 is 2.52 bits per heavy atom. The number of hydrogen-bond acceptors (Lipinski definition) is 2. The average molecular weight is 336 g/mol. The van der Waals surface area contributed by atoms with Gasteiger partial charge in [-0.2, -0.15) is 0 Å². The second-order valence-corrected chi connectivity index (χ2v) is 6.65. The lowest BCUT2D eigenvalue weighted by Gasteiger charge is -2.26. The SMILES string of the molecule is Cc1ccc(C(=O)NCC(=O)N2CCC[C@H]2c2ccccc2C)cc1. The third-order valence-electron chi connectivity index (χ3n) is 4.83. The van der Waals surface area contributed by atoms with Crippen molar-refractivity contribution in [3.05, 3.63) is 70.8 Å². The Morgan fingerprint density at radius 2 is 1.80 bits per heavy atom. The number of aryl methyl sites for hydroxylation is 2. The number of likely N-dealkylation sites (tertiary alicyclic amines) is 1. The van der Waals surface area contributed by atoms with E-state index in [1.165, 1.54) is 11.1 Å². The van der Waals surface area contributed by atoms with Gasteiger partial charge in [-0.05, 0) is 49.9 Å². The zero-order valence-corrected chi connectivity index (χ0v) is 14.8. The number of hydrogen-bond donors (Lipinski definition) is 1. The molecule has 0 aromatic heterocycles. The van der Waals surface area contributed by atoms with Crippen molar-refractivity contribution in [3.8, 4) is 0 Å². The van der Waals surface area contributed by atoms with E-state index in [-0.39, 0.29) is 24.4 Å². The van der Waals surface area contributed by atoms with Crippen molar-refractivity contribution in [2.75, 3.05) is 13.1 Å². The van der Waals surface area contributed by atoms with Crippen molar-refractivity contribution in [1.82, 2.24) is 10.2 Å². The summed E-state index contributed by atoms with van der Waals surface area (Å²) in [6.45, 7) is 4.84. The molecule has 1 aliphatic heterocycles. The molecule has 2 amide bonds. The molecule has 4 nitrogen and oxygen atoms in total. The Kier molecular flexibility index (Phi) is 5.17. The zero-order valence-electron chi connectivity index (χ0n) is 14.8.